The number of carbonyl (C=O) groups excluding carboxylic acids is 4. The molecule has 0 fully saturated rings. The molecule has 0 radical (unpaired) electrons. The second-order valence-corrected chi connectivity index (χ2v) is 13.9. The lowest BCUT2D eigenvalue weighted by Gasteiger charge is -2.25. The van der Waals surface area contributed by atoms with Crippen LogP contribution in [-0.2, 0) is 41.6 Å². The molecule has 4 amide bonds. The molecule has 0 aliphatic rings. The average Bonchev–Trinajstić information content (AvgIpc) is 3.12. The van der Waals surface area contributed by atoms with Crippen molar-refractivity contribution in [2.45, 2.75) is 63.7 Å². The molecule has 18 heteroatoms. The Morgan fingerprint density at radius 2 is 0.815 bits per heavy atom. The number of alkyl halides is 4. The molecule has 4 atom stereocenters. The van der Waals surface area contributed by atoms with Crippen LogP contribution < -0.4 is 31.1 Å². The van der Waals surface area contributed by atoms with Gasteiger partial charge in [-0.2, -0.15) is 0 Å². The summed E-state index contributed by atoms with van der Waals surface area (Å²) in [6.45, 7) is 4.73. The van der Waals surface area contributed by atoms with Gasteiger partial charge in [0.05, 0.1) is 0 Å². The van der Waals surface area contributed by atoms with Gasteiger partial charge in [0.25, 0.3) is 0 Å². The van der Waals surface area contributed by atoms with E-state index in [1.165, 1.54) is 13.8 Å². The quantitative estimate of drug-likeness (QED) is 0.0810. The number of hydrogen-bond donors (Lipinski definition) is 6. The Hall–Kier alpha value is -3.98. The van der Waals surface area contributed by atoms with Gasteiger partial charge in [0.2, 0.25) is 23.6 Å². The van der Waals surface area contributed by atoms with Gasteiger partial charge in [0.15, 0.2) is 0 Å². The second-order valence-electron chi connectivity index (χ2n) is 12.4. The molecule has 0 aliphatic carbocycles. The van der Waals surface area contributed by atoms with Gasteiger partial charge < -0.3 is 41.3 Å². The number of hydrogen-bond acceptors (Lipinski definition) is 8. The molecule has 2 aromatic carbocycles. The van der Waals surface area contributed by atoms with Crippen molar-refractivity contribution in [3.05, 3.63) is 59.7 Å². The SMILES string of the molecule is CC(=O)NC(Cc1ccc(N(CCCl)CCCl)cc1)C(=O)NC(CCC(NC(=O)C(Cc1ccc(N(CCCl)CCCl)cc1)NC(C)=O)C(=O)O)C(=O)O. The van der Waals surface area contributed by atoms with Crippen molar-refractivity contribution in [1.29, 1.82) is 0 Å². The summed E-state index contributed by atoms with van der Waals surface area (Å²) in [5.41, 5.74) is 3.07. The first-order valence-electron chi connectivity index (χ1n) is 17.2. The average molecular weight is 835 g/mol. The molecule has 0 saturated carbocycles. The fourth-order valence-corrected chi connectivity index (χ4v) is 6.42. The third kappa shape index (κ3) is 16.2. The number of halogens is 4. The van der Waals surface area contributed by atoms with Crippen molar-refractivity contribution in [1.82, 2.24) is 21.3 Å². The molecule has 2 aromatic rings. The van der Waals surface area contributed by atoms with Crippen molar-refractivity contribution in [2.75, 3.05) is 59.5 Å². The minimum absolute atomic E-state index is 0.0310. The summed E-state index contributed by atoms with van der Waals surface area (Å²) in [5, 5.41) is 29.7. The highest BCUT2D eigenvalue weighted by Gasteiger charge is 2.31. The maximum absolute atomic E-state index is 13.3. The molecule has 54 heavy (non-hydrogen) atoms. The van der Waals surface area contributed by atoms with E-state index in [4.69, 9.17) is 46.4 Å². The molecule has 0 spiro atoms. The number of benzene rings is 2. The van der Waals surface area contributed by atoms with Crippen LogP contribution in [0.3, 0.4) is 0 Å². The molecule has 14 nitrogen and oxygen atoms in total. The van der Waals surface area contributed by atoms with E-state index in [-0.39, 0.29) is 25.7 Å². The Kier molecular flexibility index (Phi) is 20.9. The third-order valence-corrected chi connectivity index (χ3v) is 8.94. The maximum atomic E-state index is 13.3. The van der Waals surface area contributed by atoms with E-state index in [0.29, 0.717) is 60.8 Å². The molecular weight excluding hydrogens is 786 g/mol. The van der Waals surface area contributed by atoms with Crippen molar-refractivity contribution < 1.29 is 39.0 Å². The molecule has 4 unspecified atom stereocenters. The van der Waals surface area contributed by atoms with E-state index in [2.05, 4.69) is 21.3 Å². The molecule has 298 valence electrons. The first-order valence-corrected chi connectivity index (χ1v) is 19.4. The topological polar surface area (TPSA) is 197 Å². The number of carboxylic acid groups (broad SMARTS) is 2. The minimum Gasteiger partial charge on any atom is -0.480 e. The third-order valence-electron chi connectivity index (χ3n) is 8.26. The van der Waals surface area contributed by atoms with Gasteiger partial charge in [-0.15, -0.1) is 46.4 Å². The van der Waals surface area contributed by atoms with Gasteiger partial charge in [-0.1, -0.05) is 24.3 Å². The van der Waals surface area contributed by atoms with Gasteiger partial charge in [-0.05, 0) is 48.2 Å². The Balaban J connectivity index is 2.14. The van der Waals surface area contributed by atoms with Crippen LogP contribution in [0.1, 0.15) is 37.8 Å². The number of nitrogens with zero attached hydrogens (tertiary/aromatic N) is 2. The van der Waals surface area contributed by atoms with Gasteiger partial charge in [0.1, 0.15) is 24.2 Å². The molecular formula is C36H48Cl4N6O8. The fraction of sp³-hybridized carbons (Fsp3) is 0.500. The standard InChI is InChI=1S/C36H48Cl4N6O8/c1-23(47)41-31(21-25-3-7-27(8-4-25)45(17-13-37)18-14-38)33(49)43-29(35(51)52)11-12-30(36(53)54)44-34(50)32(42-24(2)48)22-26-5-9-28(10-6-26)46(19-15-39)20-16-40/h3-10,29-32H,11-22H2,1-2H3,(H,41,47)(H,42,48)(H,43,49)(H,44,50)(H,51,52)(H,53,54). The number of nitrogens with one attached hydrogen (secondary N) is 4. The zero-order valence-electron chi connectivity index (χ0n) is 30.2. The Morgan fingerprint density at radius 3 is 1.06 bits per heavy atom. The van der Waals surface area contributed by atoms with Crippen molar-refractivity contribution >= 4 is 93.3 Å². The summed E-state index contributed by atoms with van der Waals surface area (Å²) in [6, 6.07) is 8.96. The smallest absolute Gasteiger partial charge is 0.326 e. The van der Waals surface area contributed by atoms with Crippen molar-refractivity contribution in [3.63, 3.8) is 0 Å². The lowest BCUT2D eigenvalue weighted by Crippen LogP contribution is -2.54. The summed E-state index contributed by atoms with van der Waals surface area (Å²) in [6.07, 6.45) is -0.708. The Bertz CT molecular complexity index is 1410. The van der Waals surface area contributed by atoms with E-state index >= 15 is 0 Å². The largest absolute Gasteiger partial charge is 0.480 e. The van der Waals surface area contributed by atoms with Gasteiger partial charge in [-0.3, -0.25) is 19.2 Å². The molecule has 0 aromatic heterocycles. The molecule has 0 heterocycles. The predicted molar refractivity (Wildman–Crippen MR) is 211 cm³/mol. The van der Waals surface area contributed by atoms with Crippen LogP contribution in [0.5, 0.6) is 0 Å². The lowest BCUT2D eigenvalue weighted by molar-refractivity contribution is -0.144. The number of carbonyl (C=O) groups is 6. The number of aliphatic carboxylic acids is 2. The van der Waals surface area contributed by atoms with Gasteiger partial charge in [-0.25, -0.2) is 9.59 Å². The summed E-state index contributed by atoms with van der Waals surface area (Å²) >= 11 is 23.6. The second kappa shape index (κ2) is 24.4. The van der Waals surface area contributed by atoms with E-state index < -0.39 is 59.7 Å². The summed E-state index contributed by atoms with van der Waals surface area (Å²) in [5.74, 6) is -3.95. The first-order chi connectivity index (χ1) is 25.7. The number of rotatable bonds is 25. The zero-order chi connectivity index (χ0) is 40.2. The lowest BCUT2D eigenvalue weighted by atomic mass is 10.0. The summed E-state index contributed by atoms with van der Waals surface area (Å²) in [4.78, 5) is 79.0. The van der Waals surface area contributed by atoms with Crippen molar-refractivity contribution in [2.24, 2.45) is 0 Å². The van der Waals surface area contributed by atoms with Crippen LogP contribution in [0.15, 0.2) is 48.5 Å². The van der Waals surface area contributed by atoms with Crippen LogP contribution >= 0.6 is 46.4 Å². The first kappa shape index (κ1) is 46.2. The Morgan fingerprint density at radius 1 is 0.519 bits per heavy atom. The van der Waals surface area contributed by atoms with Crippen LogP contribution in [0.25, 0.3) is 0 Å². The number of anilines is 2. The summed E-state index contributed by atoms with van der Waals surface area (Å²) in [7, 11) is 0. The zero-order valence-corrected chi connectivity index (χ0v) is 33.2. The fourth-order valence-electron chi connectivity index (χ4n) is 5.61. The van der Waals surface area contributed by atoms with Crippen LogP contribution in [0.4, 0.5) is 11.4 Å². The molecule has 6 N–H and O–H groups in total. The summed E-state index contributed by atoms with van der Waals surface area (Å²) < 4.78 is 0. The maximum Gasteiger partial charge on any atom is 0.326 e. The molecule has 0 bridgehead atoms. The normalized spacial score (nSPS) is 13.1. The molecule has 0 aliphatic heterocycles. The highest BCUT2D eigenvalue weighted by molar-refractivity contribution is 6.19. The monoisotopic (exact) mass is 832 g/mol. The molecule has 0 saturated heterocycles. The number of amides is 4. The highest BCUT2D eigenvalue weighted by Crippen LogP contribution is 2.19. The van der Waals surface area contributed by atoms with Gasteiger partial charge in [0, 0.05) is 87.8 Å². The van der Waals surface area contributed by atoms with Crippen LogP contribution in [0, 0.1) is 0 Å². The van der Waals surface area contributed by atoms with E-state index in [9.17, 15) is 39.0 Å². The predicted octanol–water partition coefficient (Wildman–Crippen LogP) is 2.97. The van der Waals surface area contributed by atoms with Gasteiger partial charge >= 0.3 is 11.9 Å². The molecule has 2 rings (SSSR count). The van der Waals surface area contributed by atoms with Crippen LogP contribution in [-0.4, -0.2) is 120 Å². The van der Waals surface area contributed by atoms with Crippen LogP contribution in [0.2, 0.25) is 0 Å². The van der Waals surface area contributed by atoms with E-state index in [0.717, 1.165) is 11.4 Å². The Labute approximate surface area is 335 Å². The minimum atomic E-state index is -1.56. The number of carboxylic acids is 2. The van der Waals surface area contributed by atoms with E-state index in [1.807, 2.05) is 34.1 Å². The highest BCUT2D eigenvalue weighted by atomic mass is 35.5. The van der Waals surface area contributed by atoms with E-state index in [1.54, 1.807) is 24.3 Å². The van der Waals surface area contributed by atoms with Crippen molar-refractivity contribution in [3.8, 4) is 0 Å².